The Kier molecular flexibility index (Phi) is 16.3. The number of rotatable bonds is 9. The van der Waals surface area contributed by atoms with E-state index in [2.05, 4.69) is 5.32 Å². The summed E-state index contributed by atoms with van der Waals surface area (Å²) in [6.45, 7) is 6.31. The number of hydrogen-bond acceptors (Lipinski definition) is 8. The van der Waals surface area contributed by atoms with Gasteiger partial charge in [0.05, 0.1) is 26.2 Å². The first kappa shape index (κ1) is 31.2. The monoisotopic (exact) mass is 670 g/mol. The standard InChI is InChI=1S/C19H35N5O7.Ac/c1-15(2)20-16(25)11-21-3-5-22(12-17(26)27)7-9-24(14-19(30)31)10-8-23(6-4-21)13-18(28)29;/h15H,3-14H2,1-2H3,(H,20,25)(H,26,27)(H,28,29)(H,30,31);/i;1-2. The Bertz CT molecular complexity index is 591. The topological polar surface area (TPSA) is 154 Å². The third-order valence-corrected chi connectivity index (χ3v) is 4.82. The zero-order valence-electron chi connectivity index (χ0n) is 18.9. The van der Waals surface area contributed by atoms with Crippen LogP contribution in [0.1, 0.15) is 13.8 Å². The molecule has 0 unspecified atom stereocenters. The summed E-state index contributed by atoms with van der Waals surface area (Å²) < 4.78 is 0. The van der Waals surface area contributed by atoms with Crippen molar-refractivity contribution in [2.45, 2.75) is 19.9 Å². The second-order valence-corrected chi connectivity index (χ2v) is 8.01. The van der Waals surface area contributed by atoms with Crippen LogP contribution in [0.25, 0.3) is 0 Å². The average Bonchev–Trinajstić information content (AvgIpc) is 2.62. The van der Waals surface area contributed by atoms with E-state index in [9.17, 15) is 29.4 Å². The molecule has 1 amide bonds. The fraction of sp³-hybridized carbons (Fsp3) is 0.789. The van der Waals surface area contributed by atoms with E-state index in [0.717, 1.165) is 0 Å². The molecule has 32 heavy (non-hydrogen) atoms. The van der Waals surface area contributed by atoms with Crippen LogP contribution in [0, 0.1) is 44.1 Å². The van der Waals surface area contributed by atoms with Crippen LogP contribution >= 0.6 is 0 Å². The van der Waals surface area contributed by atoms with Crippen LogP contribution in [-0.2, 0) is 19.2 Å². The average molecular weight is 671 g/mol. The van der Waals surface area contributed by atoms with Gasteiger partial charge in [-0.25, -0.2) is 0 Å². The van der Waals surface area contributed by atoms with E-state index in [-0.39, 0.29) is 82.2 Å². The molecule has 0 spiro atoms. The molecule has 0 aliphatic carbocycles. The van der Waals surface area contributed by atoms with Crippen molar-refractivity contribution in [1.29, 1.82) is 0 Å². The summed E-state index contributed by atoms with van der Waals surface area (Å²) in [7, 11) is 0. The Balaban J connectivity index is 0.00000961. The number of carboxylic acids is 3. The smallest absolute Gasteiger partial charge is 0.317 e. The quantitative estimate of drug-likeness (QED) is 0.215. The van der Waals surface area contributed by atoms with Crippen molar-refractivity contribution in [3.63, 3.8) is 0 Å². The van der Waals surface area contributed by atoms with Crippen LogP contribution in [0.3, 0.4) is 0 Å². The number of carbonyl (C=O) groups excluding carboxylic acids is 1. The first-order chi connectivity index (χ1) is 14.5. The molecule has 181 valence electrons. The molecule has 1 fully saturated rings. The summed E-state index contributed by atoms with van der Waals surface area (Å²) >= 11 is 0. The third kappa shape index (κ3) is 15.1. The van der Waals surface area contributed by atoms with Gasteiger partial charge < -0.3 is 20.6 Å². The molecule has 0 aromatic carbocycles. The van der Waals surface area contributed by atoms with Gasteiger partial charge in [0.1, 0.15) is 0 Å². The zero-order chi connectivity index (χ0) is 23.4. The zero-order valence-corrected chi connectivity index (χ0v) is 23.6. The number of amides is 1. The van der Waals surface area contributed by atoms with Crippen molar-refractivity contribution >= 4 is 23.8 Å². The van der Waals surface area contributed by atoms with Crippen LogP contribution in [0.15, 0.2) is 0 Å². The number of carbonyl (C=O) groups is 4. The van der Waals surface area contributed by atoms with Crippen LogP contribution < -0.4 is 5.32 Å². The first-order valence-corrected chi connectivity index (χ1v) is 10.4. The molecule has 4 N–H and O–H groups in total. The van der Waals surface area contributed by atoms with Gasteiger partial charge >= 0.3 is 17.9 Å². The van der Waals surface area contributed by atoms with Crippen molar-refractivity contribution in [1.82, 2.24) is 24.9 Å². The van der Waals surface area contributed by atoms with E-state index >= 15 is 0 Å². The Morgan fingerprint density at radius 3 is 1.09 bits per heavy atom. The van der Waals surface area contributed by atoms with E-state index in [0.29, 0.717) is 52.4 Å². The predicted molar refractivity (Wildman–Crippen MR) is 112 cm³/mol. The number of nitrogens with zero attached hydrogens (tertiary/aromatic N) is 4. The third-order valence-electron chi connectivity index (χ3n) is 4.82. The van der Waals surface area contributed by atoms with E-state index in [1.54, 1.807) is 14.7 Å². The van der Waals surface area contributed by atoms with Gasteiger partial charge in [-0.1, -0.05) is 0 Å². The molecular formula is C19H35AcN5O7. The second kappa shape index (κ2) is 16.7. The van der Waals surface area contributed by atoms with Gasteiger partial charge in [0.15, 0.2) is 0 Å². The van der Waals surface area contributed by atoms with Gasteiger partial charge in [-0.15, -0.1) is 0 Å². The minimum atomic E-state index is -0.996. The SMILES string of the molecule is CC(C)NC(=O)CN1CCN(CC(=O)O)CCN(CC(=O)O)CCN(CC(=O)O)CC1.[225Ac]. The fourth-order valence-electron chi connectivity index (χ4n) is 3.36. The molecule has 0 aromatic rings. The molecular weight excluding hydrogens is 635 g/mol. The summed E-state index contributed by atoms with van der Waals surface area (Å²) in [6, 6.07) is -0.00724. The summed E-state index contributed by atoms with van der Waals surface area (Å²) in [5.41, 5.74) is 0. The fourth-order valence-corrected chi connectivity index (χ4v) is 3.36. The number of carboxylic acid groups (broad SMARTS) is 3. The first-order valence-electron chi connectivity index (χ1n) is 10.4. The summed E-state index contributed by atoms with van der Waals surface area (Å²) in [6.07, 6.45) is 0. The van der Waals surface area contributed by atoms with Gasteiger partial charge in [-0.3, -0.25) is 38.8 Å². The minimum Gasteiger partial charge on any atom is -0.480 e. The molecule has 1 rings (SSSR count). The molecule has 12 nitrogen and oxygen atoms in total. The molecule has 13 heteroatoms. The van der Waals surface area contributed by atoms with E-state index in [1.807, 2.05) is 18.7 Å². The molecule has 1 aliphatic rings. The predicted octanol–water partition coefficient (Wildman–Crippen LogP) is -2.01. The van der Waals surface area contributed by atoms with Crippen molar-refractivity contribution in [3.8, 4) is 0 Å². The Morgan fingerprint density at radius 2 is 0.875 bits per heavy atom. The summed E-state index contributed by atoms with van der Waals surface area (Å²) in [4.78, 5) is 52.9. The van der Waals surface area contributed by atoms with Gasteiger partial charge in [0.25, 0.3) is 0 Å². The van der Waals surface area contributed by atoms with Crippen molar-refractivity contribution in [3.05, 3.63) is 0 Å². The van der Waals surface area contributed by atoms with Crippen molar-refractivity contribution in [2.24, 2.45) is 0 Å². The minimum absolute atomic E-state index is 0. The number of nitrogens with one attached hydrogen (secondary N) is 1. The van der Waals surface area contributed by atoms with Crippen molar-refractivity contribution < 1.29 is 78.6 Å². The van der Waals surface area contributed by atoms with Gasteiger partial charge in [-0.2, -0.15) is 0 Å². The Hall–Kier alpha value is -0.838. The Labute approximate surface area is 224 Å². The van der Waals surface area contributed by atoms with Crippen LogP contribution in [0.4, 0.5) is 0 Å². The molecule has 0 atom stereocenters. The number of aliphatic carboxylic acids is 3. The van der Waals surface area contributed by atoms with Crippen LogP contribution in [0.2, 0.25) is 0 Å². The van der Waals surface area contributed by atoms with Gasteiger partial charge in [0, 0.05) is 102 Å². The molecule has 0 aromatic heterocycles. The molecule has 0 bridgehead atoms. The largest absolute Gasteiger partial charge is 0.480 e. The van der Waals surface area contributed by atoms with Gasteiger partial charge in [-0.05, 0) is 13.8 Å². The van der Waals surface area contributed by atoms with Crippen molar-refractivity contribution in [2.75, 3.05) is 78.5 Å². The van der Waals surface area contributed by atoms with E-state index in [4.69, 9.17) is 5.11 Å². The van der Waals surface area contributed by atoms with Gasteiger partial charge in [0.2, 0.25) is 5.91 Å². The maximum atomic E-state index is 12.2. The van der Waals surface area contributed by atoms with E-state index in [1.165, 1.54) is 0 Å². The van der Waals surface area contributed by atoms with E-state index < -0.39 is 17.9 Å². The Morgan fingerprint density at radius 1 is 0.625 bits per heavy atom. The maximum Gasteiger partial charge on any atom is 0.317 e. The van der Waals surface area contributed by atoms with Crippen LogP contribution in [-0.4, -0.2) is 143 Å². The molecule has 0 saturated carbocycles. The summed E-state index contributed by atoms with van der Waals surface area (Å²) in [5, 5.41) is 30.4. The summed E-state index contributed by atoms with van der Waals surface area (Å²) in [5.74, 6) is -3.10. The molecule has 1 saturated heterocycles. The van der Waals surface area contributed by atoms with Crippen LogP contribution in [0.5, 0.6) is 0 Å². The molecule has 1 heterocycles. The normalized spacial score (nSPS) is 18.2. The molecule has 1 radical (unpaired) electrons. The maximum absolute atomic E-state index is 12.2. The number of hydrogen-bond donors (Lipinski definition) is 4. The molecule has 1 aliphatic heterocycles. The second-order valence-electron chi connectivity index (χ2n) is 8.01.